The summed E-state index contributed by atoms with van der Waals surface area (Å²) in [5.41, 5.74) is 2.39. The zero-order valence-electron chi connectivity index (χ0n) is 13.6. The lowest BCUT2D eigenvalue weighted by molar-refractivity contribution is 0.0947. The average Bonchev–Trinajstić information content (AvgIpc) is 2.63. The van der Waals surface area contributed by atoms with Crippen LogP contribution in [0.3, 0.4) is 0 Å². The van der Waals surface area contributed by atoms with Crippen molar-refractivity contribution in [2.75, 3.05) is 13.2 Å². The van der Waals surface area contributed by atoms with Gasteiger partial charge in [-0.25, -0.2) is 4.98 Å². The number of carbonyl (C=O) groups excluding carboxylic acids is 1. The molecular formula is C20H18FIN2O. The van der Waals surface area contributed by atoms with E-state index < -0.39 is 6.67 Å². The molecule has 128 valence electrons. The second kappa shape index (κ2) is 8.38. The van der Waals surface area contributed by atoms with E-state index in [0.717, 1.165) is 22.0 Å². The van der Waals surface area contributed by atoms with E-state index in [-0.39, 0.29) is 5.91 Å². The van der Waals surface area contributed by atoms with Crippen molar-refractivity contribution in [3.05, 3.63) is 75.1 Å². The Balaban J connectivity index is 1.94. The van der Waals surface area contributed by atoms with Gasteiger partial charge in [-0.3, -0.25) is 9.18 Å². The first-order chi connectivity index (χ1) is 12.2. The van der Waals surface area contributed by atoms with Crippen molar-refractivity contribution in [2.24, 2.45) is 0 Å². The molecule has 0 aliphatic heterocycles. The maximum Gasteiger partial charge on any atom is 0.269 e. The van der Waals surface area contributed by atoms with Gasteiger partial charge in [0.1, 0.15) is 5.69 Å². The summed E-state index contributed by atoms with van der Waals surface area (Å²) < 4.78 is 13.4. The number of aromatic nitrogens is 1. The summed E-state index contributed by atoms with van der Waals surface area (Å²) in [5.74, 6) is -0.261. The molecule has 1 N–H and O–H groups in total. The Bertz CT molecular complexity index is 881. The molecule has 0 aliphatic rings. The lowest BCUT2D eigenvalue weighted by atomic mass is 10.0. The third-order valence-corrected chi connectivity index (χ3v) is 4.65. The first kappa shape index (κ1) is 17.8. The fraction of sp³-hybridized carbons (Fsp3) is 0.200. The third kappa shape index (κ3) is 4.54. The van der Waals surface area contributed by atoms with Gasteiger partial charge < -0.3 is 5.32 Å². The summed E-state index contributed by atoms with van der Waals surface area (Å²) in [5, 5.41) is 4.74. The second-order valence-corrected chi connectivity index (χ2v) is 7.02. The van der Waals surface area contributed by atoms with E-state index in [1.165, 1.54) is 3.57 Å². The zero-order valence-corrected chi connectivity index (χ0v) is 15.8. The Morgan fingerprint density at radius 1 is 1.12 bits per heavy atom. The Morgan fingerprint density at radius 2 is 1.88 bits per heavy atom. The van der Waals surface area contributed by atoms with Crippen LogP contribution in [0.15, 0.2) is 54.6 Å². The quantitative estimate of drug-likeness (QED) is 0.445. The first-order valence-electron chi connectivity index (χ1n) is 8.14. The fourth-order valence-corrected chi connectivity index (χ4v) is 3.04. The summed E-state index contributed by atoms with van der Waals surface area (Å²) in [6, 6.07) is 18.0. The van der Waals surface area contributed by atoms with Crippen LogP contribution >= 0.6 is 22.6 Å². The molecule has 0 spiro atoms. The number of hydrogen-bond donors (Lipinski definition) is 1. The predicted octanol–water partition coefficient (Wildman–Crippen LogP) is 4.52. The summed E-state index contributed by atoms with van der Waals surface area (Å²) in [7, 11) is 0. The molecule has 0 bridgehead atoms. The van der Waals surface area contributed by atoms with Crippen molar-refractivity contribution in [3.63, 3.8) is 0 Å². The molecule has 1 amide bonds. The molecule has 0 fully saturated rings. The highest BCUT2D eigenvalue weighted by molar-refractivity contribution is 14.1. The summed E-state index contributed by atoms with van der Waals surface area (Å²) in [4.78, 5) is 16.9. The smallest absolute Gasteiger partial charge is 0.269 e. The van der Waals surface area contributed by atoms with Gasteiger partial charge in [0.2, 0.25) is 0 Å². The molecular weight excluding hydrogens is 430 g/mol. The van der Waals surface area contributed by atoms with Gasteiger partial charge >= 0.3 is 0 Å². The Kier molecular flexibility index (Phi) is 5.96. The number of fused-ring (bicyclic) bond motifs is 1. The molecule has 1 aromatic heterocycles. The van der Waals surface area contributed by atoms with E-state index in [4.69, 9.17) is 0 Å². The van der Waals surface area contributed by atoms with Gasteiger partial charge in [0.15, 0.2) is 0 Å². The molecule has 0 aliphatic carbocycles. The number of rotatable bonds is 6. The number of carbonyl (C=O) groups is 1. The largest absolute Gasteiger partial charge is 0.351 e. The summed E-state index contributed by atoms with van der Waals surface area (Å²) >= 11 is 2.28. The fourth-order valence-electron chi connectivity index (χ4n) is 2.68. The summed E-state index contributed by atoms with van der Waals surface area (Å²) in [6.07, 6.45) is 0.970. The molecule has 0 atom stereocenters. The minimum Gasteiger partial charge on any atom is -0.351 e. The Morgan fingerprint density at radius 3 is 2.64 bits per heavy atom. The van der Waals surface area contributed by atoms with Crippen LogP contribution in [-0.4, -0.2) is 24.1 Å². The highest BCUT2D eigenvalue weighted by atomic mass is 127. The molecule has 3 rings (SSSR count). The molecule has 5 heteroatoms. The molecule has 3 aromatic rings. The normalized spacial score (nSPS) is 10.8. The van der Waals surface area contributed by atoms with Crippen molar-refractivity contribution >= 4 is 39.3 Å². The molecule has 0 saturated carbocycles. The number of amides is 1. The average molecular weight is 448 g/mol. The van der Waals surface area contributed by atoms with Crippen LogP contribution in [-0.2, 0) is 6.42 Å². The topological polar surface area (TPSA) is 42.0 Å². The van der Waals surface area contributed by atoms with Crippen LogP contribution in [0.2, 0.25) is 0 Å². The van der Waals surface area contributed by atoms with Gasteiger partial charge in [0.05, 0.1) is 12.4 Å². The monoisotopic (exact) mass is 448 g/mol. The SMILES string of the molecule is O=C(NCCCF)c1cc2ccccc2c(Cc2ccc(I)cc2)n1. The molecule has 25 heavy (non-hydrogen) atoms. The van der Waals surface area contributed by atoms with Crippen molar-refractivity contribution in [3.8, 4) is 0 Å². The molecule has 3 nitrogen and oxygen atoms in total. The van der Waals surface area contributed by atoms with Crippen LogP contribution in [0.4, 0.5) is 4.39 Å². The highest BCUT2D eigenvalue weighted by Crippen LogP contribution is 2.21. The number of halogens is 2. The molecule has 0 unspecified atom stereocenters. The van der Waals surface area contributed by atoms with E-state index in [9.17, 15) is 9.18 Å². The van der Waals surface area contributed by atoms with Crippen LogP contribution in [0.1, 0.15) is 28.2 Å². The van der Waals surface area contributed by atoms with Gasteiger partial charge in [-0.1, -0.05) is 36.4 Å². The van der Waals surface area contributed by atoms with Gasteiger partial charge in [-0.15, -0.1) is 0 Å². The number of pyridine rings is 1. The van der Waals surface area contributed by atoms with Crippen molar-refractivity contribution < 1.29 is 9.18 Å². The van der Waals surface area contributed by atoms with E-state index in [1.807, 2.05) is 24.3 Å². The van der Waals surface area contributed by atoms with Gasteiger partial charge in [-0.2, -0.15) is 0 Å². The van der Waals surface area contributed by atoms with Crippen molar-refractivity contribution in [2.45, 2.75) is 12.8 Å². The lowest BCUT2D eigenvalue weighted by Crippen LogP contribution is -2.26. The number of alkyl halides is 1. The van der Waals surface area contributed by atoms with E-state index >= 15 is 0 Å². The van der Waals surface area contributed by atoms with E-state index in [1.54, 1.807) is 6.07 Å². The van der Waals surface area contributed by atoms with E-state index in [0.29, 0.717) is 25.1 Å². The zero-order chi connectivity index (χ0) is 17.6. The molecule has 1 heterocycles. The van der Waals surface area contributed by atoms with E-state index in [2.05, 4.69) is 57.2 Å². The second-order valence-electron chi connectivity index (χ2n) is 5.78. The van der Waals surface area contributed by atoms with Crippen LogP contribution < -0.4 is 5.32 Å². The highest BCUT2D eigenvalue weighted by Gasteiger charge is 2.12. The summed E-state index contributed by atoms with van der Waals surface area (Å²) in [6.45, 7) is -0.125. The Hall–Kier alpha value is -2.02. The predicted molar refractivity (Wildman–Crippen MR) is 107 cm³/mol. The van der Waals surface area contributed by atoms with Crippen LogP contribution in [0.5, 0.6) is 0 Å². The number of nitrogens with one attached hydrogen (secondary N) is 1. The number of benzene rings is 2. The molecule has 0 radical (unpaired) electrons. The number of hydrogen-bond acceptors (Lipinski definition) is 2. The minimum atomic E-state index is -0.441. The van der Waals surface area contributed by atoms with Crippen LogP contribution in [0.25, 0.3) is 10.8 Å². The molecule has 2 aromatic carbocycles. The van der Waals surface area contributed by atoms with Gasteiger partial charge in [0, 0.05) is 21.9 Å². The first-order valence-corrected chi connectivity index (χ1v) is 9.22. The standard InChI is InChI=1S/C20H18FIN2O/c21-10-3-11-23-20(25)19-13-15-4-1-2-5-17(15)18(24-19)12-14-6-8-16(22)9-7-14/h1-2,4-9,13H,3,10-12H2,(H,23,25). The molecule has 0 saturated heterocycles. The van der Waals surface area contributed by atoms with Crippen LogP contribution in [0, 0.1) is 3.57 Å². The van der Waals surface area contributed by atoms with Crippen molar-refractivity contribution in [1.29, 1.82) is 0 Å². The van der Waals surface area contributed by atoms with Crippen molar-refractivity contribution in [1.82, 2.24) is 10.3 Å². The Labute approximate surface area is 159 Å². The minimum absolute atomic E-state index is 0.261. The maximum absolute atomic E-state index is 12.3. The third-order valence-electron chi connectivity index (χ3n) is 3.93. The van der Waals surface area contributed by atoms with Gasteiger partial charge in [-0.05, 0) is 58.2 Å². The maximum atomic E-state index is 12.3. The van der Waals surface area contributed by atoms with Gasteiger partial charge in [0.25, 0.3) is 5.91 Å². The lowest BCUT2D eigenvalue weighted by Gasteiger charge is -2.10. The number of nitrogens with zero attached hydrogens (tertiary/aromatic N) is 1.